The van der Waals surface area contributed by atoms with Crippen molar-refractivity contribution in [2.45, 2.75) is 19.1 Å². The average molecular weight is 347 g/mol. The number of alkyl halides is 3. The molecule has 1 rings (SSSR count). The summed E-state index contributed by atoms with van der Waals surface area (Å²) in [4.78, 5) is 28.2. The van der Waals surface area contributed by atoms with Crippen molar-refractivity contribution in [2.75, 3.05) is 32.5 Å². The van der Waals surface area contributed by atoms with Crippen molar-refractivity contribution in [1.82, 2.24) is 20.5 Å². The van der Waals surface area contributed by atoms with Crippen LogP contribution in [0.15, 0.2) is 18.3 Å². The summed E-state index contributed by atoms with van der Waals surface area (Å²) < 4.78 is 38.3. The zero-order valence-electron chi connectivity index (χ0n) is 13.6. The fourth-order valence-corrected chi connectivity index (χ4v) is 1.83. The molecule has 134 valence electrons. The lowest BCUT2D eigenvalue weighted by Gasteiger charge is -2.18. The minimum Gasteiger partial charge on any atom is -0.368 e. The number of rotatable bonds is 6. The molecular weight excluding hydrogens is 327 g/mol. The first kappa shape index (κ1) is 19.5. The third-order valence-corrected chi connectivity index (χ3v) is 2.97. The second-order valence-corrected chi connectivity index (χ2v) is 5.18. The van der Waals surface area contributed by atoms with E-state index in [1.165, 1.54) is 24.1 Å². The van der Waals surface area contributed by atoms with Crippen LogP contribution in [0.25, 0.3) is 0 Å². The van der Waals surface area contributed by atoms with Crippen molar-refractivity contribution in [3.8, 4) is 0 Å². The smallest absolute Gasteiger partial charge is 0.368 e. The SMILES string of the molecule is C[C@@H](NC(=O)NCCNc1ncccc1C(F)(F)F)C(=O)N(C)C. The third kappa shape index (κ3) is 5.94. The molecule has 1 heterocycles. The van der Waals surface area contributed by atoms with Crippen molar-refractivity contribution in [3.05, 3.63) is 23.9 Å². The topological polar surface area (TPSA) is 86.4 Å². The van der Waals surface area contributed by atoms with Crippen LogP contribution in [0, 0.1) is 0 Å². The molecule has 7 nitrogen and oxygen atoms in total. The number of hydrogen-bond donors (Lipinski definition) is 3. The number of nitrogens with zero attached hydrogens (tertiary/aromatic N) is 2. The lowest BCUT2D eigenvalue weighted by molar-refractivity contribution is -0.137. The molecule has 1 aromatic rings. The largest absolute Gasteiger partial charge is 0.419 e. The van der Waals surface area contributed by atoms with Gasteiger partial charge in [-0.15, -0.1) is 0 Å². The fourth-order valence-electron chi connectivity index (χ4n) is 1.83. The van der Waals surface area contributed by atoms with Gasteiger partial charge in [-0.3, -0.25) is 4.79 Å². The van der Waals surface area contributed by atoms with Crippen LogP contribution in [0.3, 0.4) is 0 Å². The molecular formula is C14H20F3N5O2. The Balaban J connectivity index is 2.42. The van der Waals surface area contributed by atoms with Crippen LogP contribution in [0.4, 0.5) is 23.8 Å². The number of carbonyl (C=O) groups excluding carboxylic acids is 2. The first-order valence-electron chi connectivity index (χ1n) is 7.14. The highest BCUT2D eigenvalue weighted by Crippen LogP contribution is 2.33. The lowest BCUT2D eigenvalue weighted by atomic mass is 10.2. The Bertz CT molecular complexity index is 578. The molecule has 0 spiro atoms. The van der Waals surface area contributed by atoms with E-state index in [0.717, 1.165) is 6.07 Å². The lowest BCUT2D eigenvalue weighted by Crippen LogP contribution is -2.48. The summed E-state index contributed by atoms with van der Waals surface area (Å²) in [7, 11) is 3.13. The van der Waals surface area contributed by atoms with Gasteiger partial charge in [0.2, 0.25) is 5.91 Å². The second-order valence-electron chi connectivity index (χ2n) is 5.18. The van der Waals surface area contributed by atoms with Crippen molar-refractivity contribution in [3.63, 3.8) is 0 Å². The third-order valence-electron chi connectivity index (χ3n) is 2.97. The van der Waals surface area contributed by atoms with Gasteiger partial charge in [-0.05, 0) is 19.1 Å². The van der Waals surface area contributed by atoms with Gasteiger partial charge >= 0.3 is 12.2 Å². The molecule has 3 N–H and O–H groups in total. The standard InChI is InChI=1S/C14H20F3N5O2/c1-9(12(23)22(2)3)21-13(24)20-8-7-19-11-10(14(15,16)17)5-4-6-18-11/h4-6,9H,7-8H2,1-3H3,(H,18,19)(H2,20,21,24)/t9-/m1/s1. The van der Waals surface area contributed by atoms with E-state index in [1.54, 1.807) is 14.1 Å². The zero-order valence-corrected chi connectivity index (χ0v) is 13.6. The number of nitrogens with one attached hydrogen (secondary N) is 3. The number of urea groups is 1. The predicted octanol–water partition coefficient (Wildman–Crippen LogP) is 1.29. The fraction of sp³-hybridized carbons (Fsp3) is 0.500. The highest BCUT2D eigenvalue weighted by Gasteiger charge is 2.33. The summed E-state index contributed by atoms with van der Waals surface area (Å²) in [5.41, 5.74) is -0.875. The number of aromatic nitrogens is 1. The Hall–Kier alpha value is -2.52. The summed E-state index contributed by atoms with van der Waals surface area (Å²) in [6.07, 6.45) is -3.27. The maximum Gasteiger partial charge on any atom is 0.419 e. The Morgan fingerprint density at radius 1 is 1.29 bits per heavy atom. The summed E-state index contributed by atoms with van der Waals surface area (Å²) >= 11 is 0. The van der Waals surface area contributed by atoms with Gasteiger partial charge in [-0.2, -0.15) is 13.2 Å². The average Bonchev–Trinajstić information content (AvgIpc) is 2.50. The molecule has 0 aliphatic rings. The highest BCUT2D eigenvalue weighted by atomic mass is 19.4. The van der Waals surface area contributed by atoms with Gasteiger partial charge in [0.15, 0.2) is 0 Å². The van der Waals surface area contributed by atoms with Gasteiger partial charge in [0.25, 0.3) is 0 Å². The van der Waals surface area contributed by atoms with Crippen molar-refractivity contribution in [2.24, 2.45) is 0 Å². The van der Waals surface area contributed by atoms with E-state index in [0.29, 0.717) is 0 Å². The van der Waals surface area contributed by atoms with Gasteiger partial charge in [0, 0.05) is 33.4 Å². The van der Waals surface area contributed by atoms with Gasteiger partial charge in [0.05, 0.1) is 5.56 Å². The summed E-state index contributed by atoms with van der Waals surface area (Å²) in [5, 5.41) is 7.39. The Kier molecular flexibility index (Phi) is 6.81. The molecule has 0 radical (unpaired) electrons. The van der Waals surface area contributed by atoms with Gasteiger partial charge in [-0.1, -0.05) is 0 Å². The molecule has 24 heavy (non-hydrogen) atoms. The first-order valence-corrected chi connectivity index (χ1v) is 7.14. The molecule has 0 fully saturated rings. The monoisotopic (exact) mass is 347 g/mol. The molecule has 1 atom stereocenters. The summed E-state index contributed by atoms with van der Waals surface area (Å²) in [6.45, 7) is 1.63. The van der Waals surface area contributed by atoms with Gasteiger partial charge in [-0.25, -0.2) is 9.78 Å². The van der Waals surface area contributed by atoms with Crippen LogP contribution in [0.2, 0.25) is 0 Å². The van der Waals surface area contributed by atoms with Crippen LogP contribution in [0.1, 0.15) is 12.5 Å². The number of carbonyl (C=O) groups is 2. The van der Waals surface area contributed by atoms with E-state index >= 15 is 0 Å². The van der Waals surface area contributed by atoms with Crippen LogP contribution in [-0.2, 0) is 11.0 Å². The van der Waals surface area contributed by atoms with E-state index in [-0.39, 0.29) is 24.8 Å². The van der Waals surface area contributed by atoms with Gasteiger partial charge in [0.1, 0.15) is 11.9 Å². The summed E-state index contributed by atoms with van der Waals surface area (Å²) in [5.74, 6) is -0.574. The molecule has 0 aromatic carbocycles. The number of likely N-dealkylation sites (N-methyl/N-ethyl adjacent to an activating group) is 1. The van der Waals surface area contributed by atoms with E-state index in [9.17, 15) is 22.8 Å². The number of anilines is 1. The maximum absolute atomic E-state index is 12.8. The molecule has 1 aromatic heterocycles. The maximum atomic E-state index is 12.8. The molecule has 0 unspecified atom stereocenters. The molecule has 0 aliphatic carbocycles. The van der Waals surface area contributed by atoms with Crippen molar-refractivity contribution >= 4 is 17.8 Å². The minimum atomic E-state index is -4.51. The molecule has 0 bridgehead atoms. The van der Waals surface area contributed by atoms with Crippen LogP contribution >= 0.6 is 0 Å². The summed E-state index contributed by atoms with van der Waals surface area (Å²) in [6, 6.07) is 0.824. The molecule has 0 aliphatic heterocycles. The first-order chi connectivity index (χ1) is 11.1. The van der Waals surface area contributed by atoms with Crippen LogP contribution in [-0.4, -0.2) is 55.0 Å². The number of halogens is 3. The minimum absolute atomic E-state index is 0.0452. The molecule has 0 saturated carbocycles. The zero-order chi connectivity index (χ0) is 18.3. The van der Waals surface area contributed by atoms with Crippen molar-refractivity contribution < 1.29 is 22.8 Å². The number of amides is 3. The predicted molar refractivity (Wildman–Crippen MR) is 82.4 cm³/mol. The number of hydrogen-bond acceptors (Lipinski definition) is 4. The normalized spacial score (nSPS) is 12.2. The van der Waals surface area contributed by atoms with E-state index < -0.39 is 23.8 Å². The number of pyridine rings is 1. The molecule has 3 amide bonds. The van der Waals surface area contributed by atoms with E-state index in [1.807, 2.05) is 0 Å². The van der Waals surface area contributed by atoms with E-state index in [2.05, 4.69) is 20.9 Å². The quantitative estimate of drug-likeness (QED) is 0.677. The Morgan fingerprint density at radius 3 is 2.54 bits per heavy atom. The van der Waals surface area contributed by atoms with Crippen LogP contribution in [0.5, 0.6) is 0 Å². The van der Waals surface area contributed by atoms with Crippen molar-refractivity contribution in [1.29, 1.82) is 0 Å². The second kappa shape index (κ2) is 8.37. The Morgan fingerprint density at radius 2 is 1.96 bits per heavy atom. The molecule has 10 heteroatoms. The van der Waals surface area contributed by atoms with Gasteiger partial charge < -0.3 is 20.9 Å². The highest BCUT2D eigenvalue weighted by molar-refractivity contribution is 5.86. The van der Waals surface area contributed by atoms with E-state index in [4.69, 9.17) is 0 Å². The molecule has 0 saturated heterocycles. The Labute approximate surface area is 137 Å². The van der Waals surface area contributed by atoms with Crippen LogP contribution < -0.4 is 16.0 Å².